The van der Waals surface area contributed by atoms with Crippen molar-refractivity contribution in [1.82, 2.24) is 0 Å². The molecule has 0 saturated heterocycles. The van der Waals surface area contributed by atoms with Crippen LogP contribution >= 0.6 is 11.6 Å². The van der Waals surface area contributed by atoms with Gasteiger partial charge < -0.3 is 15.4 Å². The molecule has 0 radical (unpaired) electrons. The molecule has 0 aromatic heterocycles. The fourth-order valence-corrected chi connectivity index (χ4v) is 2.50. The molecular formula is C20H17ClN2O2. The van der Waals surface area contributed by atoms with E-state index in [2.05, 4.69) is 10.6 Å². The fourth-order valence-electron chi connectivity index (χ4n) is 2.31. The number of rotatable bonds is 5. The summed E-state index contributed by atoms with van der Waals surface area (Å²) >= 11 is 5.91. The number of hydrogen-bond donors (Lipinski definition) is 2. The first-order chi connectivity index (χ1) is 12.1. The summed E-state index contributed by atoms with van der Waals surface area (Å²) in [7, 11) is 1.64. The first-order valence-electron chi connectivity index (χ1n) is 7.72. The Balaban J connectivity index is 1.64. The standard InChI is InChI=1S/C20H17ClN2O2/c1-25-19-11-9-17(10-12-19)22-16-5-7-18(8-6-16)23-20(24)14-3-2-4-15(21)13-14/h2-13,22H,1H3,(H,23,24). The van der Waals surface area contributed by atoms with Gasteiger partial charge >= 0.3 is 0 Å². The zero-order valence-electron chi connectivity index (χ0n) is 13.6. The Labute approximate surface area is 151 Å². The van der Waals surface area contributed by atoms with E-state index in [9.17, 15) is 4.79 Å². The third-order valence-electron chi connectivity index (χ3n) is 3.61. The van der Waals surface area contributed by atoms with Gasteiger partial charge in [-0.1, -0.05) is 17.7 Å². The van der Waals surface area contributed by atoms with Crippen molar-refractivity contribution in [3.63, 3.8) is 0 Å². The van der Waals surface area contributed by atoms with Gasteiger partial charge in [-0.05, 0) is 66.7 Å². The molecule has 0 spiro atoms. The zero-order chi connectivity index (χ0) is 17.6. The number of hydrogen-bond acceptors (Lipinski definition) is 3. The minimum atomic E-state index is -0.196. The number of carbonyl (C=O) groups excluding carboxylic acids is 1. The van der Waals surface area contributed by atoms with Crippen LogP contribution in [-0.2, 0) is 0 Å². The van der Waals surface area contributed by atoms with Gasteiger partial charge in [0.2, 0.25) is 0 Å². The van der Waals surface area contributed by atoms with Crippen LogP contribution in [0.15, 0.2) is 72.8 Å². The van der Waals surface area contributed by atoms with E-state index in [1.54, 1.807) is 31.4 Å². The Morgan fingerprint density at radius 2 is 1.48 bits per heavy atom. The smallest absolute Gasteiger partial charge is 0.255 e. The molecule has 4 nitrogen and oxygen atoms in total. The lowest BCUT2D eigenvalue weighted by atomic mass is 10.2. The number of nitrogens with one attached hydrogen (secondary N) is 2. The Morgan fingerprint density at radius 1 is 0.880 bits per heavy atom. The molecule has 3 rings (SSSR count). The van der Waals surface area contributed by atoms with Crippen molar-refractivity contribution in [3.05, 3.63) is 83.4 Å². The quantitative estimate of drug-likeness (QED) is 0.651. The van der Waals surface area contributed by atoms with Gasteiger partial charge in [0.1, 0.15) is 5.75 Å². The summed E-state index contributed by atoms with van der Waals surface area (Å²) in [5.41, 5.74) is 3.11. The molecule has 0 fully saturated rings. The van der Waals surface area contributed by atoms with Gasteiger partial charge in [-0.25, -0.2) is 0 Å². The highest BCUT2D eigenvalue weighted by Gasteiger charge is 2.06. The lowest BCUT2D eigenvalue weighted by Crippen LogP contribution is -2.11. The Morgan fingerprint density at radius 3 is 2.08 bits per heavy atom. The number of carbonyl (C=O) groups is 1. The lowest BCUT2D eigenvalue weighted by Gasteiger charge is -2.09. The molecule has 25 heavy (non-hydrogen) atoms. The van der Waals surface area contributed by atoms with Crippen molar-refractivity contribution in [3.8, 4) is 5.75 Å². The first-order valence-corrected chi connectivity index (χ1v) is 8.10. The Hall–Kier alpha value is -2.98. The molecule has 0 heterocycles. The van der Waals surface area contributed by atoms with Gasteiger partial charge in [0.25, 0.3) is 5.91 Å². The van der Waals surface area contributed by atoms with Gasteiger partial charge in [0, 0.05) is 27.6 Å². The van der Waals surface area contributed by atoms with Gasteiger partial charge in [-0.3, -0.25) is 4.79 Å². The summed E-state index contributed by atoms with van der Waals surface area (Å²) < 4.78 is 5.14. The van der Waals surface area contributed by atoms with Crippen LogP contribution in [-0.4, -0.2) is 13.0 Å². The van der Waals surface area contributed by atoms with Crippen LogP contribution < -0.4 is 15.4 Å². The Bertz CT molecular complexity index is 862. The highest BCUT2D eigenvalue weighted by Crippen LogP contribution is 2.21. The summed E-state index contributed by atoms with van der Waals surface area (Å²) in [5.74, 6) is 0.614. The van der Waals surface area contributed by atoms with Crippen molar-refractivity contribution >= 4 is 34.6 Å². The van der Waals surface area contributed by atoms with Crippen LogP contribution in [0.25, 0.3) is 0 Å². The summed E-state index contributed by atoms with van der Waals surface area (Å²) in [6, 6.07) is 22.0. The summed E-state index contributed by atoms with van der Waals surface area (Å²) in [6.45, 7) is 0. The average Bonchev–Trinajstić information content (AvgIpc) is 2.64. The van der Waals surface area contributed by atoms with E-state index in [1.807, 2.05) is 48.5 Å². The van der Waals surface area contributed by atoms with E-state index in [-0.39, 0.29) is 5.91 Å². The summed E-state index contributed by atoms with van der Waals surface area (Å²) in [4.78, 5) is 12.2. The molecule has 3 aromatic carbocycles. The van der Waals surface area contributed by atoms with E-state index in [0.29, 0.717) is 16.3 Å². The predicted molar refractivity (Wildman–Crippen MR) is 102 cm³/mol. The molecule has 0 unspecified atom stereocenters. The van der Waals surface area contributed by atoms with Crippen LogP contribution in [0, 0.1) is 0 Å². The number of anilines is 3. The molecule has 3 aromatic rings. The fraction of sp³-hybridized carbons (Fsp3) is 0.0500. The topological polar surface area (TPSA) is 50.4 Å². The highest BCUT2D eigenvalue weighted by molar-refractivity contribution is 6.31. The zero-order valence-corrected chi connectivity index (χ0v) is 14.4. The minimum absolute atomic E-state index is 0.196. The van der Waals surface area contributed by atoms with Crippen LogP contribution in [0.4, 0.5) is 17.1 Å². The number of amides is 1. The van der Waals surface area contributed by atoms with Gasteiger partial charge in [-0.2, -0.15) is 0 Å². The van der Waals surface area contributed by atoms with Gasteiger partial charge in [0.15, 0.2) is 0 Å². The molecule has 0 atom stereocenters. The maximum absolute atomic E-state index is 12.2. The number of halogens is 1. The van der Waals surface area contributed by atoms with E-state index < -0.39 is 0 Å². The predicted octanol–water partition coefficient (Wildman–Crippen LogP) is 5.34. The normalized spacial score (nSPS) is 10.2. The second-order valence-electron chi connectivity index (χ2n) is 5.40. The SMILES string of the molecule is COc1ccc(Nc2ccc(NC(=O)c3cccc(Cl)c3)cc2)cc1. The van der Waals surface area contributed by atoms with Crippen molar-refractivity contribution < 1.29 is 9.53 Å². The van der Waals surface area contributed by atoms with E-state index in [1.165, 1.54) is 0 Å². The van der Waals surface area contributed by atoms with Crippen LogP contribution in [0.1, 0.15) is 10.4 Å². The van der Waals surface area contributed by atoms with Crippen LogP contribution in [0.5, 0.6) is 5.75 Å². The number of benzene rings is 3. The molecule has 0 aliphatic carbocycles. The monoisotopic (exact) mass is 352 g/mol. The molecular weight excluding hydrogens is 336 g/mol. The van der Waals surface area contributed by atoms with Gasteiger partial charge in [-0.15, -0.1) is 0 Å². The molecule has 2 N–H and O–H groups in total. The van der Waals surface area contributed by atoms with Crippen molar-refractivity contribution in [1.29, 1.82) is 0 Å². The van der Waals surface area contributed by atoms with Crippen LogP contribution in [0.3, 0.4) is 0 Å². The van der Waals surface area contributed by atoms with E-state index in [0.717, 1.165) is 17.1 Å². The highest BCUT2D eigenvalue weighted by atomic mass is 35.5. The molecule has 0 bridgehead atoms. The maximum atomic E-state index is 12.2. The maximum Gasteiger partial charge on any atom is 0.255 e. The second kappa shape index (κ2) is 7.73. The Kier molecular flexibility index (Phi) is 5.21. The van der Waals surface area contributed by atoms with Gasteiger partial charge in [0.05, 0.1) is 7.11 Å². The number of methoxy groups -OCH3 is 1. The molecule has 1 amide bonds. The number of ether oxygens (including phenoxy) is 1. The lowest BCUT2D eigenvalue weighted by molar-refractivity contribution is 0.102. The third kappa shape index (κ3) is 4.52. The molecule has 0 saturated carbocycles. The molecule has 5 heteroatoms. The molecule has 0 aliphatic rings. The third-order valence-corrected chi connectivity index (χ3v) is 3.84. The summed E-state index contributed by atoms with van der Waals surface area (Å²) in [5, 5.41) is 6.67. The van der Waals surface area contributed by atoms with Crippen molar-refractivity contribution in [2.45, 2.75) is 0 Å². The van der Waals surface area contributed by atoms with Crippen LogP contribution in [0.2, 0.25) is 5.02 Å². The summed E-state index contributed by atoms with van der Waals surface area (Å²) in [6.07, 6.45) is 0. The second-order valence-corrected chi connectivity index (χ2v) is 5.83. The average molecular weight is 353 g/mol. The minimum Gasteiger partial charge on any atom is -0.497 e. The van der Waals surface area contributed by atoms with Crippen molar-refractivity contribution in [2.24, 2.45) is 0 Å². The molecule has 0 aliphatic heterocycles. The largest absolute Gasteiger partial charge is 0.497 e. The van der Waals surface area contributed by atoms with Crippen molar-refractivity contribution in [2.75, 3.05) is 17.7 Å². The van der Waals surface area contributed by atoms with E-state index >= 15 is 0 Å². The van der Waals surface area contributed by atoms with E-state index in [4.69, 9.17) is 16.3 Å². The first kappa shape index (κ1) is 16.9. The molecule has 126 valence electrons.